The predicted molar refractivity (Wildman–Crippen MR) is 133 cm³/mol. The molecule has 0 spiro atoms. The van der Waals surface area contributed by atoms with Crippen molar-refractivity contribution < 1.29 is 18.0 Å². The first-order valence-electron chi connectivity index (χ1n) is 11.4. The summed E-state index contributed by atoms with van der Waals surface area (Å²) >= 11 is 0. The van der Waals surface area contributed by atoms with Crippen molar-refractivity contribution in [3.05, 3.63) is 65.8 Å². The molecule has 3 aromatic heterocycles. The standard InChI is InChI=1S/C26H23F3N6O/c1-14-19(26(27,28)29)5-4-6-22(14)35-15(2)33-21-13-31-20-9-7-16(11-18(20)24(21)35)17-8-10-23(32-12-17)34-25(36)30-3/h6-13H,4-5H2,1-3H3,(H2,30,32,34,36). The first-order chi connectivity index (χ1) is 17.2. The van der Waals surface area contributed by atoms with Crippen molar-refractivity contribution in [2.75, 3.05) is 12.4 Å². The van der Waals surface area contributed by atoms with Crippen LogP contribution in [0, 0.1) is 6.92 Å². The Morgan fingerprint density at radius 3 is 2.50 bits per heavy atom. The maximum Gasteiger partial charge on any atom is 0.413 e. The molecule has 0 radical (unpaired) electrons. The van der Waals surface area contributed by atoms with Gasteiger partial charge in [-0.05, 0) is 62.1 Å². The maximum absolute atomic E-state index is 13.7. The monoisotopic (exact) mass is 492 g/mol. The lowest BCUT2D eigenvalue weighted by Gasteiger charge is -2.23. The van der Waals surface area contributed by atoms with Crippen LogP contribution in [0.15, 0.2) is 59.9 Å². The first-order valence-corrected chi connectivity index (χ1v) is 11.4. The summed E-state index contributed by atoms with van der Waals surface area (Å²) in [4.78, 5) is 24.9. The van der Waals surface area contributed by atoms with Crippen LogP contribution in [-0.2, 0) is 0 Å². The van der Waals surface area contributed by atoms with Gasteiger partial charge in [0.15, 0.2) is 0 Å². The largest absolute Gasteiger partial charge is 0.413 e. The van der Waals surface area contributed by atoms with E-state index in [1.54, 1.807) is 30.0 Å². The highest BCUT2D eigenvalue weighted by Gasteiger charge is 2.37. The zero-order chi connectivity index (χ0) is 25.6. The van der Waals surface area contributed by atoms with Gasteiger partial charge in [0, 0.05) is 35.5 Å². The van der Waals surface area contributed by atoms with Crippen LogP contribution in [0.4, 0.5) is 23.8 Å². The second-order valence-corrected chi connectivity index (χ2v) is 8.58. The topological polar surface area (TPSA) is 84.7 Å². The van der Waals surface area contributed by atoms with Gasteiger partial charge in [0.1, 0.15) is 17.2 Å². The van der Waals surface area contributed by atoms with E-state index in [0.717, 1.165) is 16.5 Å². The maximum atomic E-state index is 13.7. The molecule has 0 fully saturated rings. The third-order valence-corrected chi connectivity index (χ3v) is 6.37. The van der Waals surface area contributed by atoms with E-state index >= 15 is 0 Å². The molecule has 0 saturated heterocycles. The van der Waals surface area contributed by atoms with Gasteiger partial charge >= 0.3 is 12.2 Å². The zero-order valence-electron chi connectivity index (χ0n) is 19.9. The minimum atomic E-state index is -4.38. The van der Waals surface area contributed by atoms with E-state index in [1.165, 1.54) is 14.0 Å². The Morgan fingerprint density at radius 1 is 1.03 bits per heavy atom. The summed E-state index contributed by atoms with van der Waals surface area (Å²) in [5, 5.41) is 5.85. The van der Waals surface area contributed by atoms with Crippen LogP contribution in [0.2, 0.25) is 0 Å². The molecule has 2 N–H and O–H groups in total. The number of allylic oxidation sites excluding steroid dienone is 4. The van der Waals surface area contributed by atoms with E-state index in [1.807, 2.05) is 30.3 Å². The van der Waals surface area contributed by atoms with Crippen molar-refractivity contribution >= 4 is 39.5 Å². The van der Waals surface area contributed by atoms with Crippen LogP contribution in [0.25, 0.3) is 38.8 Å². The van der Waals surface area contributed by atoms with Crippen molar-refractivity contribution in [1.82, 2.24) is 24.8 Å². The SMILES string of the molecule is CNC(=O)Nc1ccc(-c2ccc3ncc4nc(C)n(C5=CCCC(C(F)(F)F)=C5C)c4c3c2)cn1. The molecule has 0 aliphatic heterocycles. The van der Waals surface area contributed by atoms with Crippen LogP contribution in [0.1, 0.15) is 25.6 Å². The second-order valence-electron chi connectivity index (χ2n) is 8.58. The Labute approximate surface area is 204 Å². The number of carbonyl (C=O) groups is 1. The Hall–Kier alpha value is -4.21. The third kappa shape index (κ3) is 4.08. The van der Waals surface area contributed by atoms with Gasteiger partial charge in [-0.2, -0.15) is 13.2 Å². The smallest absolute Gasteiger partial charge is 0.341 e. The van der Waals surface area contributed by atoms with E-state index in [9.17, 15) is 18.0 Å². The van der Waals surface area contributed by atoms with Crippen molar-refractivity contribution in [3.8, 4) is 11.1 Å². The van der Waals surface area contributed by atoms with Gasteiger partial charge in [0.05, 0.1) is 17.2 Å². The van der Waals surface area contributed by atoms with E-state index in [0.29, 0.717) is 40.3 Å². The number of nitrogens with zero attached hydrogens (tertiary/aromatic N) is 4. The minimum absolute atomic E-state index is 0.0330. The fourth-order valence-electron chi connectivity index (χ4n) is 4.62. The number of halogens is 3. The van der Waals surface area contributed by atoms with E-state index < -0.39 is 11.7 Å². The number of pyridine rings is 2. The molecule has 10 heteroatoms. The lowest BCUT2D eigenvalue weighted by molar-refractivity contribution is -0.0946. The number of imidazole rings is 1. The summed E-state index contributed by atoms with van der Waals surface area (Å²) in [6, 6.07) is 8.88. The van der Waals surface area contributed by atoms with Crippen LogP contribution < -0.4 is 10.6 Å². The van der Waals surface area contributed by atoms with E-state index in [4.69, 9.17) is 0 Å². The van der Waals surface area contributed by atoms with Gasteiger partial charge in [-0.15, -0.1) is 0 Å². The van der Waals surface area contributed by atoms with Crippen LogP contribution in [0.5, 0.6) is 0 Å². The Morgan fingerprint density at radius 2 is 1.81 bits per heavy atom. The number of aryl methyl sites for hydroxylation is 1. The molecular formula is C26H23F3N6O. The number of hydrogen-bond acceptors (Lipinski definition) is 4. The number of anilines is 1. The number of alkyl halides is 3. The molecule has 0 bridgehead atoms. The van der Waals surface area contributed by atoms with Gasteiger partial charge in [0.25, 0.3) is 0 Å². The lowest BCUT2D eigenvalue weighted by atomic mass is 9.95. The number of urea groups is 1. The van der Waals surface area contributed by atoms with Crippen molar-refractivity contribution in [1.29, 1.82) is 0 Å². The van der Waals surface area contributed by atoms with Gasteiger partial charge in [-0.1, -0.05) is 12.1 Å². The Kier molecular flexibility index (Phi) is 5.74. The van der Waals surface area contributed by atoms with Crippen molar-refractivity contribution in [2.24, 2.45) is 0 Å². The fraction of sp³-hybridized carbons (Fsp3) is 0.231. The van der Waals surface area contributed by atoms with Gasteiger partial charge in [0.2, 0.25) is 0 Å². The van der Waals surface area contributed by atoms with E-state index in [-0.39, 0.29) is 18.0 Å². The molecule has 0 unspecified atom stereocenters. The van der Waals surface area contributed by atoms with Gasteiger partial charge in [-0.3, -0.25) is 14.9 Å². The fourth-order valence-corrected chi connectivity index (χ4v) is 4.62. The highest BCUT2D eigenvalue weighted by atomic mass is 19.4. The number of hydrogen-bond donors (Lipinski definition) is 2. The summed E-state index contributed by atoms with van der Waals surface area (Å²) < 4.78 is 42.8. The average molecular weight is 493 g/mol. The summed E-state index contributed by atoms with van der Waals surface area (Å²) in [6.07, 6.45) is 1.03. The molecule has 3 heterocycles. The minimum Gasteiger partial charge on any atom is -0.341 e. The van der Waals surface area contributed by atoms with Gasteiger partial charge in [-0.25, -0.2) is 14.8 Å². The first kappa shape index (κ1) is 23.5. The van der Waals surface area contributed by atoms with Crippen LogP contribution >= 0.6 is 0 Å². The molecule has 1 aliphatic carbocycles. The normalized spacial score (nSPS) is 14.3. The highest BCUT2D eigenvalue weighted by molar-refractivity contribution is 6.05. The summed E-state index contributed by atoms with van der Waals surface area (Å²) in [6.45, 7) is 3.31. The number of aromatic nitrogens is 4. The number of benzene rings is 1. The number of carbonyl (C=O) groups excluding carboxylic acids is 1. The molecule has 4 aromatic rings. The molecule has 1 aliphatic rings. The predicted octanol–water partition coefficient (Wildman–Crippen LogP) is 6.22. The van der Waals surface area contributed by atoms with E-state index in [2.05, 4.69) is 25.6 Å². The molecule has 0 saturated carbocycles. The molecule has 2 amide bonds. The molecule has 36 heavy (non-hydrogen) atoms. The molecule has 0 atom stereocenters. The molecule has 184 valence electrons. The second kappa shape index (κ2) is 8.78. The number of fused-ring (bicyclic) bond motifs is 3. The Bertz CT molecular complexity index is 1560. The van der Waals surface area contributed by atoms with Crippen LogP contribution in [-0.4, -0.2) is 38.8 Å². The summed E-state index contributed by atoms with van der Waals surface area (Å²) in [7, 11) is 1.52. The van der Waals surface area contributed by atoms with Gasteiger partial charge < -0.3 is 5.32 Å². The highest BCUT2D eigenvalue weighted by Crippen LogP contribution is 2.40. The molecule has 7 nitrogen and oxygen atoms in total. The lowest BCUT2D eigenvalue weighted by Crippen LogP contribution is -2.24. The Balaban J connectivity index is 1.66. The quantitative estimate of drug-likeness (QED) is 0.356. The number of rotatable bonds is 3. The number of nitrogens with one attached hydrogen (secondary N) is 2. The molecular weight excluding hydrogens is 469 g/mol. The summed E-state index contributed by atoms with van der Waals surface area (Å²) in [5.41, 5.74) is 3.88. The zero-order valence-corrected chi connectivity index (χ0v) is 19.9. The number of amides is 2. The molecule has 5 rings (SSSR count). The van der Waals surface area contributed by atoms with Crippen molar-refractivity contribution in [2.45, 2.75) is 32.9 Å². The summed E-state index contributed by atoms with van der Waals surface area (Å²) in [5.74, 6) is 0.994. The van der Waals surface area contributed by atoms with Crippen molar-refractivity contribution in [3.63, 3.8) is 0 Å². The van der Waals surface area contributed by atoms with Crippen LogP contribution in [0.3, 0.4) is 0 Å². The third-order valence-electron chi connectivity index (χ3n) is 6.37. The molecule has 1 aromatic carbocycles. The average Bonchev–Trinajstić information content (AvgIpc) is 3.19.